The molecule has 3 aromatic carbocycles. The lowest BCUT2D eigenvalue weighted by atomic mass is 9.75. The van der Waals surface area contributed by atoms with Crippen molar-refractivity contribution in [1.82, 2.24) is 0 Å². The zero-order chi connectivity index (χ0) is 20.6. The number of phenols is 3. The summed E-state index contributed by atoms with van der Waals surface area (Å²) in [6.07, 6.45) is 1.67. The van der Waals surface area contributed by atoms with Gasteiger partial charge in [-0.3, -0.25) is 0 Å². The van der Waals surface area contributed by atoms with Crippen LogP contribution in [0.5, 0.6) is 17.2 Å². The minimum Gasteiger partial charge on any atom is -0.509 e. The normalized spacial score (nSPS) is 20.5. The van der Waals surface area contributed by atoms with Gasteiger partial charge in [0.1, 0.15) is 35.2 Å². The van der Waals surface area contributed by atoms with E-state index in [9.17, 15) is 20.4 Å². The second kappa shape index (κ2) is 6.01. The second-order valence-corrected chi connectivity index (χ2v) is 8.59. The number of fused-ring (bicyclic) bond motifs is 8. The van der Waals surface area contributed by atoms with Gasteiger partial charge in [0.05, 0.1) is 4.70 Å². The summed E-state index contributed by atoms with van der Waals surface area (Å²) in [4.78, 5) is 0. The lowest BCUT2D eigenvalue weighted by molar-refractivity contribution is 0.324. The summed E-state index contributed by atoms with van der Waals surface area (Å²) in [5.41, 5.74) is 4.33. The fraction of sp³-hybridized carbons (Fsp3) is 0.0833. The highest BCUT2D eigenvalue weighted by molar-refractivity contribution is 7.26. The number of benzene rings is 3. The van der Waals surface area contributed by atoms with Gasteiger partial charge in [-0.15, -0.1) is 11.3 Å². The van der Waals surface area contributed by atoms with Crippen LogP contribution in [0.25, 0.3) is 31.3 Å². The molecule has 0 spiro atoms. The van der Waals surface area contributed by atoms with E-state index < -0.39 is 0 Å². The first kappa shape index (κ1) is 17.4. The van der Waals surface area contributed by atoms with Gasteiger partial charge in [-0.2, -0.15) is 0 Å². The van der Waals surface area contributed by atoms with Gasteiger partial charge >= 0.3 is 0 Å². The van der Waals surface area contributed by atoms with Crippen molar-refractivity contribution in [1.29, 1.82) is 0 Å². The molecule has 2 unspecified atom stereocenters. The third-order valence-corrected chi connectivity index (χ3v) is 6.89. The third-order valence-electron chi connectivity index (χ3n) is 5.70. The van der Waals surface area contributed by atoms with Crippen LogP contribution in [0.1, 0.15) is 11.1 Å². The number of aliphatic hydroxyl groups is 1. The summed E-state index contributed by atoms with van der Waals surface area (Å²) in [6.45, 7) is 0. The Balaban J connectivity index is 0.000000117. The molecule has 0 bridgehead atoms. The number of aromatic hydroxyl groups is 3. The van der Waals surface area contributed by atoms with Crippen LogP contribution in [0.15, 0.2) is 66.4 Å². The average molecular weight is 416 g/mol. The van der Waals surface area contributed by atoms with E-state index in [0.717, 1.165) is 36.9 Å². The molecule has 30 heavy (non-hydrogen) atoms. The number of epoxide rings is 1. The number of hydrogen-bond donors (Lipinski definition) is 4. The summed E-state index contributed by atoms with van der Waals surface area (Å²) in [7, 11) is 0. The first-order valence-electron chi connectivity index (χ1n) is 9.48. The van der Waals surface area contributed by atoms with Crippen LogP contribution < -0.4 is 0 Å². The van der Waals surface area contributed by atoms with Gasteiger partial charge < -0.3 is 25.2 Å². The molecule has 1 saturated heterocycles. The van der Waals surface area contributed by atoms with E-state index in [1.54, 1.807) is 36.4 Å². The molecular formula is C24H16O5S. The number of hydrogen-bond acceptors (Lipinski definition) is 6. The van der Waals surface area contributed by atoms with Crippen molar-refractivity contribution in [2.24, 2.45) is 0 Å². The van der Waals surface area contributed by atoms with Crippen molar-refractivity contribution in [2.75, 3.05) is 0 Å². The molecule has 0 saturated carbocycles. The Labute approximate surface area is 175 Å². The van der Waals surface area contributed by atoms with Crippen LogP contribution in [0.3, 0.4) is 0 Å². The highest BCUT2D eigenvalue weighted by Gasteiger charge is 2.52. The smallest absolute Gasteiger partial charge is 0.145 e. The summed E-state index contributed by atoms with van der Waals surface area (Å²) < 4.78 is 7.24. The van der Waals surface area contributed by atoms with Crippen molar-refractivity contribution in [3.8, 4) is 17.2 Å². The molecule has 5 nitrogen and oxygen atoms in total. The molecule has 1 aliphatic heterocycles. The average Bonchev–Trinajstić information content (AvgIpc) is 3.42. The van der Waals surface area contributed by atoms with Crippen LogP contribution in [-0.4, -0.2) is 32.6 Å². The minimum absolute atomic E-state index is 0.0436. The number of rotatable bonds is 0. The molecule has 148 valence electrons. The largest absolute Gasteiger partial charge is 0.509 e. The maximum absolute atomic E-state index is 9.69. The number of thiophene rings is 1. The maximum atomic E-state index is 9.69. The summed E-state index contributed by atoms with van der Waals surface area (Å²) >= 11 is 1.49. The molecule has 4 aromatic rings. The van der Waals surface area contributed by atoms with Crippen molar-refractivity contribution >= 4 is 42.7 Å². The van der Waals surface area contributed by atoms with E-state index in [4.69, 9.17) is 4.74 Å². The van der Waals surface area contributed by atoms with E-state index in [1.807, 2.05) is 24.3 Å². The van der Waals surface area contributed by atoms with Crippen molar-refractivity contribution < 1.29 is 25.2 Å². The first-order chi connectivity index (χ1) is 14.5. The Morgan fingerprint density at radius 2 is 1.57 bits per heavy atom. The molecule has 0 amide bonds. The van der Waals surface area contributed by atoms with Crippen LogP contribution in [0.4, 0.5) is 0 Å². The minimum atomic E-state index is -0.120. The molecule has 3 aliphatic rings. The summed E-state index contributed by atoms with van der Waals surface area (Å²) in [5.74, 6) is 1.11. The van der Waals surface area contributed by atoms with E-state index in [1.165, 1.54) is 16.9 Å². The van der Waals surface area contributed by atoms with Crippen molar-refractivity contribution in [3.63, 3.8) is 0 Å². The predicted octanol–water partition coefficient (Wildman–Crippen LogP) is 5.31. The van der Waals surface area contributed by atoms with Crippen LogP contribution in [-0.2, 0) is 4.74 Å². The van der Waals surface area contributed by atoms with Gasteiger partial charge in [-0.1, -0.05) is 18.2 Å². The van der Waals surface area contributed by atoms with Gasteiger partial charge in [0, 0.05) is 15.5 Å². The molecule has 2 heterocycles. The molecule has 1 fully saturated rings. The first-order valence-corrected chi connectivity index (χ1v) is 10.3. The van der Waals surface area contributed by atoms with Crippen LogP contribution >= 0.6 is 11.3 Å². The molecule has 7 rings (SSSR count). The Bertz CT molecular complexity index is 1430. The van der Waals surface area contributed by atoms with Gasteiger partial charge in [-0.25, -0.2) is 0 Å². The zero-order valence-corrected chi connectivity index (χ0v) is 16.4. The van der Waals surface area contributed by atoms with Crippen LogP contribution in [0, 0.1) is 0 Å². The van der Waals surface area contributed by atoms with Crippen LogP contribution in [0.2, 0.25) is 0 Å². The van der Waals surface area contributed by atoms with Gasteiger partial charge in [0.15, 0.2) is 0 Å². The van der Waals surface area contributed by atoms with Gasteiger partial charge in [-0.05, 0) is 64.7 Å². The number of allylic oxidation sites excluding steroid dienone is 2. The standard InChI is InChI=1S/C12H8O3.C12H8O2S/c13-5-1-2-6-7(3-5)8-4-9(14)11-12(15-11)10(6)8;13-7-4-5-8-9-2-1-3-10(14)12(9)15-11(8)6-7/h1-4,11-14H;1-6,13-14H. The fourth-order valence-electron chi connectivity index (χ4n) is 4.24. The highest BCUT2D eigenvalue weighted by atomic mass is 32.1. The maximum Gasteiger partial charge on any atom is 0.145 e. The Morgan fingerprint density at radius 3 is 2.43 bits per heavy atom. The lowest BCUT2D eigenvalue weighted by Crippen LogP contribution is -2.16. The monoisotopic (exact) mass is 416 g/mol. The summed E-state index contributed by atoms with van der Waals surface area (Å²) in [6, 6.07) is 16.1. The molecule has 4 N–H and O–H groups in total. The number of ether oxygens (including phenoxy) is 1. The Hall–Kier alpha value is -3.48. The molecule has 1 aromatic heterocycles. The van der Waals surface area contributed by atoms with E-state index in [0.29, 0.717) is 11.5 Å². The van der Waals surface area contributed by atoms with E-state index in [-0.39, 0.29) is 23.7 Å². The van der Waals surface area contributed by atoms with E-state index in [2.05, 4.69) is 0 Å². The Kier molecular flexibility index (Phi) is 3.48. The van der Waals surface area contributed by atoms with Gasteiger partial charge in [0.2, 0.25) is 0 Å². The van der Waals surface area contributed by atoms with E-state index >= 15 is 0 Å². The molecular weight excluding hydrogens is 400 g/mol. The molecule has 6 heteroatoms. The number of phenolic OH excluding ortho intramolecular Hbond substituents is 3. The molecule has 0 radical (unpaired) electrons. The quantitative estimate of drug-likeness (QED) is 0.292. The topological polar surface area (TPSA) is 93.5 Å². The Morgan fingerprint density at radius 1 is 0.767 bits per heavy atom. The number of aliphatic hydroxyl groups excluding tert-OH is 1. The second-order valence-electron chi connectivity index (χ2n) is 7.54. The van der Waals surface area contributed by atoms with Crippen molar-refractivity contribution in [3.05, 3.63) is 77.6 Å². The SMILES string of the molecule is OC1=CC2=C(c3ccc(O)cc32)C2OC12.Oc1ccc2c(c1)sc1c(O)cccc12. The lowest BCUT2D eigenvalue weighted by Gasteiger charge is -2.27. The van der Waals surface area contributed by atoms with Gasteiger partial charge in [0.25, 0.3) is 0 Å². The summed E-state index contributed by atoms with van der Waals surface area (Å²) in [5, 5.41) is 40.1. The predicted molar refractivity (Wildman–Crippen MR) is 117 cm³/mol. The van der Waals surface area contributed by atoms with Crippen molar-refractivity contribution in [2.45, 2.75) is 12.2 Å². The molecule has 2 aliphatic carbocycles. The third kappa shape index (κ3) is 2.44. The molecule has 2 atom stereocenters. The fourth-order valence-corrected chi connectivity index (χ4v) is 5.39. The highest BCUT2D eigenvalue weighted by Crippen LogP contribution is 2.55. The zero-order valence-electron chi connectivity index (χ0n) is 15.5.